The van der Waals surface area contributed by atoms with Crippen molar-refractivity contribution in [3.8, 4) is 23.6 Å². The van der Waals surface area contributed by atoms with E-state index < -0.39 is 35.5 Å². The van der Waals surface area contributed by atoms with E-state index in [1.807, 2.05) is 53.4 Å². The summed E-state index contributed by atoms with van der Waals surface area (Å²) in [6.07, 6.45) is 8.21. The molecule has 6 aromatic carbocycles. The van der Waals surface area contributed by atoms with Crippen LogP contribution >= 0.6 is 23.2 Å². The van der Waals surface area contributed by atoms with Crippen LogP contribution in [0.2, 0.25) is 10.0 Å². The monoisotopic (exact) mass is 1690 g/mol. The first kappa shape index (κ1) is 86.9. The number of nitriles is 2. The van der Waals surface area contributed by atoms with Crippen LogP contribution in [0.15, 0.2) is 109 Å². The van der Waals surface area contributed by atoms with E-state index in [1.165, 1.54) is 21.9 Å². The lowest BCUT2D eigenvalue weighted by Crippen LogP contribution is -2.74. The molecule has 2 unspecified atom stereocenters. The number of ether oxygens (including phenoxy) is 2. The predicted octanol–water partition coefficient (Wildman–Crippen LogP) is 12.9. The van der Waals surface area contributed by atoms with Gasteiger partial charge in [0.15, 0.2) is 5.78 Å². The molecule has 4 N–H and O–H groups in total. The van der Waals surface area contributed by atoms with Crippen molar-refractivity contribution >= 4 is 99.4 Å². The molecular weight excluding hydrogens is 1580 g/mol. The molecule has 24 nitrogen and oxygen atoms in total. The van der Waals surface area contributed by atoms with Crippen molar-refractivity contribution in [3.63, 3.8) is 0 Å². The summed E-state index contributed by atoms with van der Waals surface area (Å²) in [5, 5.41) is 30.2. The number of piperidine rings is 4. The zero-order chi connectivity index (χ0) is 86.1. The van der Waals surface area contributed by atoms with Gasteiger partial charge in [0.1, 0.15) is 65.8 Å². The second-order valence-electron chi connectivity index (χ2n) is 36.3. The van der Waals surface area contributed by atoms with Crippen molar-refractivity contribution in [2.24, 2.45) is 39.4 Å². The Bertz CT molecular complexity index is 5050. The zero-order valence-corrected chi connectivity index (χ0v) is 71.5. The zero-order valence-electron chi connectivity index (χ0n) is 70.0. The Labute approximate surface area is 715 Å². The fourth-order valence-electron chi connectivity index (χ4n) is 20.8. The highest BCUT2D eigenvalue weighted by Gasteiger charge is 2.65. The van der Waals surface area contributed by atoms with Crippen molar-refractivity contribution in [2.45, 2.75) is 169 Å². The van der Waals surface area contributed by atoms with Crippen LogP contribution in [-0.2, 0) is 37.1 Å². The van der Waals surface area contributed by atoms with Crippen LogP contribution in [0, 0.1) is 73.7 Å². The van der Waals surface area contributed by atoms with Crippen LogP contribution in [0.5, 0.6) is 11.5 Å². The summed E-state index contributed by atoms with van der Waals surface area (Å²) in [4.78, 5) is 125. The average Bonchev–Trinajstić information content (AvgIpc) is 1.49. The number of benzene rings is 6. The van der Waals surface area contributed by atoms with Gasteiger partial charge in [0, 0.05) is 191 Å². The van der Waals surface area contributed by atoms with Gasteiger partial charge in [-0.25, -0.2) is 8.78 Å². The third-order valence-corrected chi connectivity index (χ3v) is 27.8. The Balaban J connectivity index is 0.000000165. The predicted molar refractivity (Wildman–Crippen MR) is 457 cm³/mol. The van der Waals surface area contributed by atoms with E-state index in [2.05, 4.69) is 108 Å². The fraction of sp³-hybridized carbons (Fsp3) is 0.495. The number of nitrogens with one attached hydrogen (secondary N) is 4. The molecule has 8 aliphatic heterocycles. The van der Waals surface area contributed by atoms with Gasteiger partial charge in [-0.15, -0.1) is 0 Å². The van der Waals surface area contributed by atoms with Gasteiger partial charge >= 0.3 is 0 Å². The summed E-state index contributed by atoms with van der Waals surface area (Å²) in [7, 11) is 0. The second kappa shape index (κ2) is 35.9. The minimum atomic E-state index is -0.725. The summed E-state index contributed by atoms with van der Waals surface area (Å²) < 4.78 is 42.7. The number of carbonyl (C=O) groups excluding carboxylic acids is 9. The van der Waals surface area contributed by atoms with Crippen molar-refractivity contribution < 1.29 is 61.4 Å². The van der Waals surface area contributed by atoms with Crippen molar-refractivity contribution in [3.05, 3.63) is 175 Å². The molecule has 0 radical (unpaired) electrons. The van der Waals surface area contributed by atoms with Crippen LogP contribution < -0.4 is 50.3 Å². The van der Waals surface area contributed by atoms with Gasteiger partial charge in [0.05, 0.1) is 32.5 Å². The molecule has 28 heteroatoms. The molecule has 2 aliphatic carbocycles. The highest BCUT2D eigenvalue weighted by molar-refractivity contribution is 6.32. The number of imide groups is 2. The lowest BCUT2D eigenvalue weighted by Gasteiger charge is -2.63. The summed E-state index contributed by atoms with van der Waals surface area (Å²) >= 11 is 12.5. The lowest BCUT2D eigenvalue weighted by molar-refractivity contribution is -0.196. The molecule has 2 atom stereocenters. The van der Waals surface area contributed by atoms with E-state index in [4.69, 9.17) is 37.9 Å². The van der Waals surface area contributed by atoms with E-state index >= 15 is 4.39 Å². The highest BCUT2D eigenvalue weighted by Crippen LogP contribution is 2.62. The third-order valence-electron chi connectivity index (χ3n) is 27.2. The number of piperazine rings is 2. The number of fused-ring (bicyclic) bond motifs is 2. The first-order valence-electron chi connectivity index (χ1n) is 42.3. The number of anilines is 4. The second-order valence-corrected chi connectivity index (χ2v) is 37.1. The molecule has 16 rings (SSSR count). The Morgan fingerprint density at radius 2 is 0.975 bits per heavy atom. The summed E-state index contributed by atoms with van der Waals surface area (Å²) in [5.74, 6) is -0.602. The van der Waals surface area contributed by atoms with Gasteiger partial charge in [-0.05, 0) is 177 Å². The quantitative estimate of drug-likeness (QED) is 0.0314. The van der Waals surface area contributed by atoms with Crippen LogP contribution in [0.3, 0.4) is 0 Å². The number of nitrogens with zero attached hydrogens (tertiary/aromatic N) is 9. The van der Waals surface area contributed by atoms with Crippen molar-refractivity contribution in [1.82, 2.24) is 36.0 Å². The molecule has 6 saturated heterocycles. The van der Waals surface area contributed by atoms with Crippen LogP contribution in [-0.4, -0.2) is 184 Å². The Kier molecular flexibility index (Phi) is 25.8. The summed E-state index contributed by atoms with van der Waals surface area (Å²) in [6, 6.07) is 34.8. The molecule has 0 aromatic heterocycles. The fourth-order valence-corrected chi connectivity index (χ4v) is 21.2. The van der Waals surface area contributed by atoms with Gasteiger partial charge in [0.2, 0.25) is 23.6 Å². The van der Waals surface area contributed by atoms with E-state index in [9.17, 15) is 52.8 Å². The highest BCUT2D eigenvalue weighted by atomic mass is 35.5. The Morgan fingerprint density at radius 3 is 1.41 bits per heavy atom. The number of rotatable bonds is 20. The molecule has 6 aromatic rings. The Morgan fingerprint density at radius 1 is 0.537 bits per heavy atom. The SMILES string of the molecule is CC1(C)C(CC(=O)c2ccc(N3CCC(CC=O)CC3)cc2)C(C)(C)C1Oc1ccc(C#N)c(Cl)c1.CC1(C)C(NC(=O)c2ccc(N3CCC(CCN4CCN(c5cc6c(cc5F)C(=O)N(C5CCC(=O)NC5=O)C6)CC4)CC3)cc2)C(C)(C)C1Oc1ccc(C#N)c(Cl)c1.O=C1CCC(N2Cc3cc(N4CCNCC4)c(F)cc3C2=O)C(=O)N1. The average molecular weight is 1690 g/mol. The van der Waals surface area contributed by atoms with Crippen LogP contribution in [0.25, 0.3) is 0 Å². The molecule has 638 valence electrons. The number of amides is 7. The van der Waals surface area contributed by atoms with Crippen LogP contribution in [0.1, 0.15) is 190 Å². The van der Waals surface area contributed by atoms with Crippen LogP contribution in [0.4, 0.5) is 31.5 Å². The van der Waals surface area contributed by atoms with Gasteiger partial charge < -0.3 is 54.3 Å². The number of ketones is 1. The summed E-state index contributed by atoms with van der Waals surface area (Å²) in [6.45, 7) is 28.3. The van der Waals surface area contributed by atoms with Gasteiger partial charge in [-0.1, -0.05) is 78.6 Å². The molecule has 121 heavy (non-hydrogen) atoms. The maximum Gasteiger partial charge on any atom is 0.255 e. The molecule has 0 spiro atoms. The van der Waals surface area contributed by atoms with Gasteiger partial charge in [0.25, 0.3) is 17.7 Å². The number of halogens is 4. The van der Waals surface area contributed by atoms with Crippen molar-refractivity contribution in [2.75, 3.05) is 105 Å². The van der Waals surface area contributed by atoms with E-state index in [-0.39, 0.29) is 113 Å². The van der Waals surface area contributed by atoms with E-state index in [1.54, 1.807) is 48.5 Å². The number of Topliss-reactive ketones (excluding diaryl/α,β-unsaturated/α-hetero) is 1. The molecule has 8 fully saturated rings. The molecule has 10 aliphatic rings. The molecule has 2 saturated carbocycles. The largest absolute Gasteiger partial charge is 0.489 e. The third kappa shape index (κ3) is 18.2. The van der Waals surface area contributed by atoms with E-state index in [0.29, 0.717) is 124 Å². The maximum atomic E-state index is 15.4. The number of carbonyl (C=O) groups is 9. The van der Waals surface area contributed by atoms with Gasteiger partial charge in [-0.2, -0.15) is 10.5 Å². The smallest absolute Gasteiger partial charge is 0.255 e. The summed E-state index contributed by atoms with van der Waals surface area (Å²) in [5.41, 5.74) is 6.35. The molecule has 8 heterocycles. The van der Waals surface area contributed by atoms with Gasteiger partial charge in [-0.3, -0.25) is 53.9 Å². The molecule has 7 amide bonds. The topological polar surface area (TPSA) is 290 Å². The standard InChI is InChI=1S/C46H53ClFN7O5.C30H35ClN2O3.C17H19FN4O3/c1-45(2)43(46(3,4)44(45)60-33-10-7-30(26-49)35(47)24-33)51-40(57)29-5-8-32(9-6-29)53-17-14-28(15-18-53)13-16-52-19-21-54(22-20-52)38-23-31-27-55(42(59)34(31)25-36(38)48)37-11-12-39(56)50-41(37)58;1-29(2)27(30(3,4)28(29)36-24-10-7-22(19-32)25(31)17-24)18-26(35)21-5-8-23(9-6-21)33-14-11-20(12-15-33)13-16-34;18-12-8-11-10(7-14(12)21-5-3-19-4-6-21)9-22(17(11)25)13-1-2-15(23)20-16(13)24/h5-10,23-25,28,37,43-44H,11-22,27H2,1-4H3,(H,51,57)(H,50,56,58);5-10,16-17,20,27-28H,11-15,18H2,1-4H3;7-8,13,19H,1-6,9H2,(H,20,23,24). The lowest BCUT2D eigenvalue weighted by atomic mass is 9.44. The maximum absolute atomic E-state index is 15.4. The van der Waals surface area contributed by atoms with E-state index in [0.717, 1.165) is 120 Å². The Hall–Kier alpha value is -10.5. The number of aldehydes is 1. The number of hydrogen-bond acceptors (Lipinski definition) is 19. The first-order chi connectivity index (χ1) is 57.7. The molecule has 0 bridgehead atoms. The minimum Gasteiger partial charge on any atom is -0.489 e. The normalized spacial score (nSPS) is 23.6. The molecular formula is C93H107Cl2F2N13O11. The first-order valence-corrected chi connectivity index (χ1v) is 43.1. The minimum absolute atomic E-state index is 0.0867. The number of hydrogen-bond donors (Lipinski definition) is 4. The van der Waals surface area contributed by atoms with Crippen molar-refractivity contribution in [1.29, 1.82) is 10.5 Å².